The highest BCUT2D eigenvalue weighted by atomic mass is 32.2. The first-order chi connectivity index (χ1) is 13.1. The minimum absolute atomic E-state index is 0.0951. The third-order valence-electron chi connectivity index (χ3n) is 3.79. The zero-order chi connectivity index (χ0) is 19.1. The highest BCUT2D eigenvalue weighted by molar-refractivity contribution is 8.00. The highest BCUT2D eigenvalue weighted by Gasteiger charge is 2.22. The minimum Gasteiger partial charge on any atom is -0.326 e. The zero-order valence-corrected chi connectivity index (χ0v) is 15.7. The largest absolute Gasteiger partial charge is 0.326 e. The van der Waals surface area contributed by atoms with Crippen LogP contribution in [0.5, 0.6) is 0 Å². The first-order valence-electron chi connectivity index (χ1n) is 8.57. The summed E-state index contributed by atoms with van der Waals surface area (Å²) in [4.78, 5) is 25.2. The number of anilines is 2. The Balaban J connectivity index is 1.84. The van der Waals surface area contributed by atoms with Gasteiger partial charge in [-0.1, -0.05) is 54.6 Å². The van der Waals surface area contributed by atoms with Gasteiger partial charge in [0.1, 0.15) is 5.25 Å². The summed E-state index contributed by atoms with van der Waals surface area (Å²) in [6.07, 6.45) is 0. The highest BCUT2D eigenvalue weighted by Crippen LogP contribution is 2.37. The number of carbonyl (C=O) groups excluding carboxylic acids is 2. The topological polar surface area (TPSA) is 58.2 Å². The van der Waals surface area contributed by atoms with Crippen LogP contribution in [-0.4, -0.2) is 11.8 Å². The summed E-state index contributed by atoms with van der Waals surface area (Å²) in [5, 5.41) is 5.33. The first-order valence-corrected chi connectivity index (χ1v) is 9.45. The molecule has 0 aliphatic heterocycles. The number of thioether (sulfide) groups is 1. The van der Waals surface area contributed by atoms with Gasteiger partial charge < -0.3 is 10.6 Å². The molecule has 5 heteroatoms. The van der Waals surface area contributed by atoms with Gasteiger partial charge in [0, 0.05) is 23.2 Å². The lowest BCUT2D eigenvalue weighted by molar-refractivity contribution is -0.116. The van der Waals surface area contributed by atoms with Crippen molar-refractivity contribution < 1.29 is 9.59 Å². The Hall–Kier alpha value is -3.05. The van der Waals surface area contributed by atoms with Crippen LogP contribution in [-0.2, 0) is 9.59 Å². The summed E-state index contributed by atoms with van der Waals surface area (Å²) >= 11 is 1.45. The van der Waals surface area contributed by atoms with Crippen molar-refractivity contribution in [1.82, 2.24) is 0 Å². The molecule has 0 fully saturated rings. The normalized spacial score (nSPS) is 11.4. The van der Waals surface area contributed by atoms with E-state index in [0.29, 0.717) is 5.69 Å². The molecule has 1 unspecified atom stereocenters. The fourth-order valence-corrected chi connectivity index (χ4v) is 3.70. The number of hydrogen-bond acceptors (Lipinski definition) is 3. The van der Waals surface area contributed by atoms with E-state index >= 15 is 0 Å². The predicted octanol–water partition coefficient (Wildman–Crippen LogP) is 5.12. The van der Waals surface area contributed by atoms with Gasteiger partial charge >= 0.3 is 0 Å². The van der Waals surface area contributed by atoms with Crippen molar-refractivity contribution in [3.05, 3.63) is 90.5 Å². The van der Waals surface area contributed by atoms with Crippen LogP contribution in [0.3, 0.4) is 0 Å². The smallest absolute Gasteiger partial charge is 0.242 e. The van der Waals surface area contributed by atoms with Crippen molar-refractivity contribution in [2.75, 3.05) is 10.6 Å². The maximum Gasteiger partial charge on any atom is 0.242 e. The number of benzene rings is 3. The third kappa shape index (κ3) is 5.46. The van der Waals surface area contributed by atoms with Gasteiger partial charge in [-0.15, -0.1) is 11.8 Å². The molecule has 1 atom stereocenters. The van der Waals surface area contributed by atoms with Crippen molar-refractivity contribution in [3.8, 4) is 0 Å². The van der Waals surface area contributed by atoms with E-state index in [4.69, 9.17) is 0 Å². The van der Waals surface area contributed by atoms with Gasteiger partial charge in [-0.05, 0) is 35.9 Å². The Bertz CT molecular complexity index is 914. The Morgan fingerprint density at radius 2 is 1.41 bits per heavy atom. The van der Waals surface area contributed by atoms with Crippen LogP contribution in [0.4, 0.5) is 11.4 Å². The van der Waals surface area contributed by atoms with Crippen molar-refractivity contribution in [2.45, 2.75) is 17.1 Å². The Labute approximate surface area is 163 Å². The lowest BCUT2D eigenvalue weighted by Crippen LogP contribution is -2.19. The average Bonchev–Trinajstić information content (AvgIpc) is 2.67. The molecule has 3 rings (SSSR count). The van der Waals surface area contributed by atoms with Crippen LogP contribution in [0.25, 0.3) is 0 Å². The van der Waals surface area contributed by atoms with E-state index in [9.17, 15) is 9.59 Å². The lowest BCUT2D eigenvalue weighted by atomic mass is 10.1. The van der Waals surface area contributed by atoms with E-state index < -0.39 is 5.25 Å². The molecular formula is C22H20N2O2S. The summed E-state index contributed by atoms with van der Waals surface area (Å²) in [5.41, 5.74) is 2.39. The van der Waals surface area contributed by atoms with Crippen LogP contribution < -0.4 is 10.6 Å². The second-order valence-electron chi connectivity index (χ2n) is 5.97. The molecule has 0 heterocycles. The molecule has 0 spiro atoms. The molecule has 4 nitrogen and oxygen atoms in total. The van der Waals surface area contributed by atoms with Gasteiger partial charge in [0.2, 0.25) is 11.8 Å². The maximum absolute atomic E-state index is 13.0. The molecule has 0 aromatic heterocycles. The van der Waals surface area contributed by atoms with E-state index in [1.54, 1.807) is 0 Å². The first kappa shape index (κ1) is 18.7. The van der Waals surface area contributed by atoms with Crippen molar-refractivity contribution >= 4 is 35.0 Å². The summed E-state index contributed by atoms with van der Waals surface area (Å²) in [6.45, 7) is 1.47. The van der Waals surface area contributed by atoms with Crippen molar-refractivity contribution in [3.63, 3.8) is 0 Å². The predicted molar refractivity (Wildman–Crippen MR) is 111 cm³/mol. The molecule has 3 aromatic rings. The molecule has 0 bridgehead atoms. The fourth-order valence-electron chi connectivity index (χ4n) is 2.62. The number of amides is 2. The third-order valence-corrected chi connectivity index (χ3v) is 5.04. The summed E-state index contributed by atoms with van der Waals surface area (Å²) in [5.74, 6) is -0.221. The number of nitrogens with one attached hydrogen (secondary N) is 2. The van der Waals surface area contributed by atoms with E-state index in [1.807, 2.05) is 84.9 Å². The summed E-state index contributed by atoms with van der Waals surface area (Å²) in [6, 6.07) is 26.6. The molecule has 0 saturated carbocycles. The molecule has 0 aliphatic rings. The van der Waals surface area contributed by atoms with Gasteiger partial charge in [-0.2, -0.15) is 0 Å². The van der Waals surface area contributed by atoms with Gasteiger partial charge in [0.25, 0.3) is 0 Å². The monoisotopic (exact) mass is 376 g/mol. The molecular weight excluding hydrogens is 356 g/mol. The minimum atomic E-state index is -0.418. The Morgan fingerprint density at radius 3 is 2.07 bits per heavy atom. The molecule has 0 saturated heterocycles. The van der Waals surface area contributed by atoms with Crippen LogP contribution in [0.15, 0.2) is 89.8 Å². The maximum atomic E-state index is 13.0. The fraction of sp³-hybridized carbons (Fsp3) is 0.0909. The second kappa shape index (κ2) is 9.05. The zero-order valence-electron chi connectivity index (χ0n) is 14.9. The van der Waals surface area contributed by atoms with Gasteiger partial charge in [0.15, 0.2) is 0 Å². The summed E-state index contributed by atoms with van der Waals surface area (Å²) in [7, 11) is 0. The quantitative estimate of drug-likeness (QED) is 0.587. The van der Waals surface area contributed by atoms with E-state index in [0.717, 1.165) is 16.1 Å². The van der Waals surface area contributed by atoms with Gasteiger partial charge in [-0.25, -0.2) is 0 Å². The van der Waals surface area contributed by atoms with E-state index in [2.05, 4.69) is 10.6 Å². The lowest BCUT2D eigenvalue weighted by Gasteiger charge is -2.17. The molecule has 0 radical (unpaired) electrons. The molecule has 2 N–H and O–H groups in total. The average molecular weight is 376 g/mol. The SMILES string of the molecule is CC(=O)Nc1cccc(SC(C(=O)Nc2ccccc2)c2ccccc2)c1. The van der Waals surface area contributed by atoms with Gasteiger partial charge in [-0.3, -0.25) is 9.59 Å². The molecule has 2 amide bonds. The number of hydrogen-bond donors (Lipinski definition) is 2. The number of rotatable bonds is 6. The van der Waals surface area contributed by atoms with Gasteiger partial charge in [0.05, 0.1) is 0 Å². The standard InChI is InChI=1S/C22H20N2O2S/c1-16(25)23-19-13-8-14-20(15-19)27-21(17-9-4-2-5-10-17)22(26)24-18-11-6-3-7-12-18/h2-15,21H,1H3,(H,23,25)(H,24,26). The second-order valence-corrected chi connectivity index (χ2v) is 7.15. The molecule has 136 valence electrons. The Morgan fingerprint density at radius 1 is 0.778 bits per heavy atom. The van der Waals surface area contributed by atoms with Crippen molar-refractivity contribution in [2.24, 2.45) is 0 Å². The molecule has 3 aromatic carbocycles. The van der Waals surface area contributed by atoms with Crippen LogP contribution in [0.2, 0.25) is 0 Å². The molecule has 27 heavy (non-hydrogen) atoms. The van der Waals surface area contributed by atoms with Crippen LogP contribution in [0, 0.1) is 0 Å². The summed E-state index contributed by atoms with van der Waals surface area (Å²) < 4.78 is 0. The molecule has 0 aliphatic carbocycles. The Kier molecular flexibility index (Phi) is 6.28. The van der Waals surface area contributed by atoms with E-state index in [1.165, 1.54) is 18.7 Å². The van der Waals surface area contributed by atoms with Crippen LogP contribution >= 0.6 is 11.8 Å². The van der Waals surface area contributed by atoms with Crippen LogP contribution in [0.1, 0.15) is 17.7 Å². The van der Waals surface area contributed by atoms with E-state index in [-0.39, 0.29) is 11.8 Å². The number of carbonyl (C=O) groups is 2. The number of para-hydroxylation sites is 1. The van der Waals surface area contributed by atoms with Crippen molar-refractivity contribution in [1.29, 1.82) is 0 Å².